The van der Waals surface area contributed by atoms with Crippen LogP contribution in [0.2, 0.25) is 0 Å². The zero-order chi connectivity index (χ0) is 15.0. The summed E-state index contributed by atoms with van der Waals surface area (Å²) >= 11 is 0. The molecule has 0 bridgehead atoms. The van der Waals surface area contributed by atoms with E-state index in [2.05, 4.69) is 5.32 Å². The molecule has 0 radical (unpaired) electrons. The highest BCUT2D eigenvalue weighted by Crippen LogP contribution is 2.35. The zero-order valence-electron chi connectivity index (χ0n) is 12.6. The molecule has 1 aliphatic carbocycles. The second-order valence-corrected chi connectivity index (χ2v) is 5.95. The van der Waals surface area contributed by atoms with Gasteiger partial charge in [0.15, 0.2) is 0 Å². The lowest BCUT2D eigenvalue weighted by molar-refractivity contribution is -0.151. The van der Waals surface area contributed by atoms with Gasteiger partial charge in [0.1, 0.15) is 0 Å². The van der Waals surface area contributed by atoms with Crippen molar-refractivity contribution in [3.05, 3.63) is 0 Å². The lowest BCUT2D eigenvalue weighted by Gasteiger charge is -2.33. The maximum atomic E-state index is 11.7. The number of aliphatic carboxylic acids is 1. The van der Waals surface area contributed by atoms with Gasteiger partial charge in [-0.1, -0.05) is 19.3 Å². The Kier molecular flexibility index (Phi) is 6.99. The van der Waals surface area contributed by atoms with E-state index in [1.807, 2.05) is 13.8 Å². The van der Waals surface area contributed by atoms with Gasteiger partial charge in [-0.3, -0.25) is 9.59 Å². The van der Waals surface area contributed by atoms with Crippen LogP contribution in [0.25, 0.3) is 0 Å². The molecule has 1 rings (SSSR count). The second kappa shape index (κ2) is 8.25. The minimum Gasteiger partial charge on any atom is -0.481 e. The van der Waals surface area contributed by atoms with Crippen LogP contribution in [0, 0.1) is 5.41 Å². The van der Waals surface area contributed by atoms with Crippen LogP contribution in [0.3, 0.4) is 0 Å². The fourth-order valence-electron chi connectivity index (χ4n) is 2.60. The van der Waals surface area contributed by atoms with Gasteiger partial charge in [0, 0.05) is 19.6 Å². The van der Waals surface area contributed by atoms with Crippen molar-refractivity contribution in [1.29, 1.82) is 0 Å². The number of carbonyl (C=O) groups excluding carboxylic acids is 1. The maximum absolute atomic E-state index is 11.7. The molecule has 0 unspecified atom stereocenters. The first-order valence-corrected chi connectivity index (χ1v) is 7.58. The molecule has 0 saturated heterocycles. The van der Waals surface area contributed by atoms with Crippen LogP contribution in [0.4, 0.5) is 0 Å². The quantitative estimate of drug-likeness (QED) is 0.671. The van der Waals surface area contributed by atoms with Crippen LogP contribution in [-0.4, -0.2) is 36.2 Å². The Balaban J connectivity index is 2.29. The van der Waals surface area contributed by atoms with Crippen LogP contribution in [0.1, 0.15) is 58.8 Å². The van der Waals surface area contributed by atoms with Crippen molar-refractivity contribution >= 4 is 11.9 Å². The van der Waals surface area contributed by atoms with Crippen LogP contribution in [0.5, 0.6) is 0 Å². The number of ether oxygens (including phenoxy) is 1. The fraction of sp³-hybridized carbons (Fsp3) is 0.867. The molecule has 1 amide bonds. The summed E-state index contributed by atoms with van der Waals surface area (Å²) < 4.78 is 5.37. The monoisotopic (exact) mass is 285 g/mol. The molecule has 5 heteroatoms. The standard InChI is InChI=1S/C15H27NO4/c1-12(2)20-10-6-7-13(17)16-11-15(14(18)19)8-4-3-5-9-15/h12H,3-11H2,1-2H3,(H,16,17)(H,18,19). The number of hydrogen-bond donors (Lipinski definition) is 2. The molecule has 0 aromatic rings. The summed E-state index contributed by atoms with van der Waals surface area (Å²) in [7, 11) is 0. The Morgan fingerprint density at radius 3 is 2.45 bits per heavy atom. The van der Waals surface area contributed by atoms with Crippen LogP contribution in [0.15, 0.2) is 0 Å². The van der Waals surface area contributed by atoms with Crippen LogP contribution >= 0.6 is 0 Å². The van der Waals surface area contributed by atoms with Gasteiger partial charge in [-0.05, 0) is 33.1 Å². The molecule has 1 fully saturated rings. The van der Waals surface area contributed by atoms with Crippen molar-refractivity contribution < 1.29 is 19.4 Å². The van der Waals surface area contributed by atoms with Gasteiger partial charge < -0.3 is 15.2 Å². The van der Waals surface area contributed by atoms with Crippen molar-refractivity contribution in [2.24, 2.45) is 5.41 Å². The minimum absolute atomic E-state index is 0.0800. The van der Waals surface area contributed by atoms with E-state index < -0.39 is 11.4 Å². The van der Waals surface area contributed by atoms with Crippen LogP contribution in [-0.2, 0) is 14.3 Å². The van der Waals surface area contributed by atoms with Gasteiger partial charge in [-0.2, -0.15) is 0 Å². The molecule has 1 aliphatic rings. The van der Waals surface area contributed by atoms with E-state index in [0.29, 0.717) is 32.3 Å². The number of hydrogen-bond acceptors (Lipinski definition) is 3. The van der Waals surface area contributed by atoms with Gasteiger partial charge in [0.05, 0.1) is 11.5 Å². The van der Waals surface area contributed by atoms with Gasteiger partial charge in [0.2, 0.25) is 5.91 Å². The third kappa shape index (κ3) is 5.49. The summed E-state index contributed by atoms with van der Waals surface area (Å²) in [6.45, 7) is 4.74. The van der Waals surface area contributed by atoms with E-state index >= 15 is 0 Å². The van der Waals surface area contributed by atoms with E-state index in [1.54, 1.807) is 0 Å². The van der Waals surface area contributed by atoms with Gasteiger partial charge in [-0.25, -0.2) is 0 Å². The number of amides is 1. The molecular formula is C15H27NO4. The van der Waals surface area contributed by atoms with E-state index in [0.717, 1.165) is 19.3 Å². The predicted octanol–water partition coefficient (Wildman–Crippen LogP) is 2.34. The highest BCUT2D eigenvalue weighted by Gasteiger charge is 2.39. The van der Waals surface area contributed by atoms with E-state index in [9.17, 15) is 14.7 Å². The number of carboxylic acids is 1. The molecule has 0 aromatic carbocycles. The smallest absolute Gasteiger partial charge is 0.311 e. The normalized spacial score (nSPS) is 17.9. The van der Waals surface area contributed by atoms with Gasteiger partial charge >= 0.3 is 5.97 Å². The molecule has 20 heavy (non-hydrogen) atoms. The van der Waals surface area contributed by atoms with Gasteiger partial charge in [-0.15, -0.1) is 0 Å². The van der Waals surface area contributed by atoms with E-state index in [-0.39, 0.29) is 18.6 Å². The first-order chi connectivity index (χ1) is 9.46. The number of nitrogens with one attached hydrogen (secondary N) is 1. The van der Waals surface area contributed by atoms with E-state index in [4.69, 9.17) is 4.74 Å². The van der Waals surface area contributed by atoms with Crippen molar-refractivity contribution in [2.45, 2.75) is 64.9 Å². The predicted molar refractivity (Wildman–Crippen MR) is 76.5 cm³/mol. The summed E-state index contributed by atoms with van der Waals surface area (Å²) in [4.78, 5) is 23.2. The number of rotatable bonds is 8. The summed E-state index contributed by atoms with van der Waals surface area (Å²) in [6.07, 6.45) is 5.53. The van der Waals surface area contributed by atoms with E-state index in [1.165, 1.54) is 0 Å². The Morgan fingerprint density at radius 1 is 1.25 bits per heavy atom. The first kappa shape index (κ1) is 17.0. The summed E-state index contributed by atoms with van der Waals surface area (Å²) in [6, 6.07) is 0. The maximum Gasteiger partial charge on any atom is 0.311 e. The molecule has 0 spiro atoms. The topological polar surface area (TPSA) is 75.6 Å². The Morgan fingerprint density at radius 2 is 1.90 bits per heavy atom. The Hall–Kier alpha value is -1.10. The molecule has 2 N–H and O–H groups in total. The molecule has 0 aliphatic heterocycles. The van der Waals surface area contributed by atoms with Crippen molar-refractivity contribution in [3.8, 4) is 0 Å². The van der Waals surface area contributed by atoms with Crippen molar-refractivity contribution in [3.63, 3.8) is 0 Å². The van der Waals surface area contributed by atoms with Crippen molar-refractivity contribution in [2.75, 3.05) is 13.2 Å². The molecule has 1 saturated carbocycles. The lowest BCUT2D eigenvalue weighted by Crippen LogP contribution is -2.44. The van der Waals surface area contributed by atoms with Crippen LogP contribution < -0.4 is 5.32 Å². The fourth-order valence-corrected chi connectivity index (χ4v) is 2.60. The summed E-state index contributed by atoms with van der Waals surface area (Å²) in [5, 5.41) is 12.2. The molecule has 116 valence electrons. The third-order valence-electron chi connectivity index (χ3n) is 3.89. The lowest BCUT2D eigenvalue weighted by atomic mass is 9.74. The Bertz CT molecular complexity index is 322. The molecule has 0 aromatic heterocycles. The van der Waals surface area contributed by atoms with Crippen molar-refractivity contribution in [1.82, 2.24) is 5.32 Å². The average Bonchev–Trinajstić information content (AvgIpc) is 2.42. The summed E-state index contributed by atoms with van der Waals surface area (Å²) in [5.74, 6) is -0.857. The zero-order valence-corrected chi connectivity index (χ0v) is 12.6. The Labute approximate surface area is 121 Å². The molecule has 0 atom stereocenters. The third-order valence-corrected chi connectivity index (χ3v) is 3.89. The second-order valence-electron chi connectivity index (χ2n) is 5.95. The molecular weight excluding hydrogens is 258 g/mol. The first-order valence-electron chi connectivity index (χ1n) is 7.58. The molecule has 5 nitrogen and oxygen atoms in total. The number of carboxylic acid groups (broad SMARTS) is 1. The summed E-state index contributed by atoms with van der Waals surface area (Å²) in [5.41, 5.74) is -0.748. The minimum atomic E-state index is -0.777. The SMILES string of the molecule is CC(C)OCCCC(=O)NCC1(C(=O)O)CCCCC1. The highest BCUT2D eigenvalue weighted by molar-refractivity contribution is 5.79. The largest absolute Gasteiger partial charge is 0.481 e. The molecule has 0 heterocycles. The number of carbonyl (C=O) groups is 2. The average molecular weight is 285 g/mol. The highest BCUT2D eigenvalue weighted by atomic mass is 16.5. The van der Waals surface area contributed by atoms with Gasteiger partial charge in [0.25, 0.3) is 0 Å².